The van der Waals surface area contributed by atoms with Crippen LogP contribution in [0.15, 0.2) is 175 Å². The quantitative estimate of drug-likeness (QED) is 0.200. The first-order valence-corrected chi connectivity index (χ1v) is 12.0. The molecule has 0 fully saturated rings. The zero-order valence-electron chi connectivity index (χ0n) is 45.8. The fraction of sp³-hybridized carbons (Fsp3) is 0. The van der Waals surface area contributed by atoms with Crippen LogP contribution in [0.2, 0.25) is 0 Å². The Hall–Kier alpha value is -5.40. The lowest BCUT2D eigenvalue weighted by Crippen LogP contribution is -2.09. The van der Waals surface area contributed by atoms with E-state index in [0.29, 0.717) is 0 Å². The number of hydrogen-bond acceptors (Lipinski definition) is 1. The molecule has 0 aromatic heterocycles. The summed E-state index contributed by atoms with van der Waals surface area (Å²) >= 11 is 0. The van der Waals surface area contributed by atoms with Crippen molar-refractivity contribution in [3.8, 4) is 33.4 Å². The van der Waals surface area contributed by atoms with Crippen LogP contribution in [0.25, 0.3) is 44.2 Å². The Kier molecular flexibility index (Phi) is 2.58. The minimum atomic E-state index is -0.992. The van der Waals surface area contributed by atoms with E-state index in [2.05, 4.69) is 0 Å². The van der Waals surface area contributed by atoms with Gasteiger partial charge in [0.15, 0.2) is 0 Å². The Labute approximate surface area is 276 Å². The van der Waals surface area contributed by atoms with Crippen LogP contribution in [0.1, 0.15) is 34.3 Å². The van der Waals surface area contributed by atoms with Gasteiger partial charge in [-0.25, -0.2) is 0 Å². The van der Waals surface area contributed by atoms with Crippen molar-refractivity contribution < 1.29 is 34.3 Å². The van der Waals surface area contributed by atoms with Crippen LogP contribution in [-0.2, 0) is 0 Å². The molecule has 0 radical (unpaired) electrons. The van der Waals surface area contributed by atoms with E-state index in [1.165, 1.54) is 0 Å². The molecule has 0 aliphatic heterocycles. The normalized spacial score (nSPS) is 19.5. The number of rotatable bonds is 6. The first kappa shape index (κ1) is 9.61. The van der Waals surface area contributed by atoms with Crippen LogP contribution in [0, 0.1) is 0 Å². The Bertz CT molecular complexity index is 3210. The molecule has 0 saturated carbocycles. The molecule has 0 bridgehead atoms. The van der Waals surface area contributed by atoms with Crippen molar-refractivity contribution in [2.24, 2.45) is 0 Å². The second kappa shape index (κ2) is 11.0. The minimum Gasteiger partial charge on any atom is -0.311 e. The summed E-state index contributed by atoms with van der Waals surface area (Å²) in [5.74, 6) is 0. The summed E-state index contributed by atoms with van der Waals surface area (Å²) in [5.41, 5.74) is -5.21. The van der Waals surface area contributed by atoms with E-state index in [-0.39, 0.29) is 16.3 Å². The van der Waals surface area contributed by atoms with Crippen LogP contribution in [0.4, 0.5) is 17.1 Å². The van der Waals surface area contributed by atoms with Gasteiger partial charge in [-0.15, -0.1) is 0 Å². The van der Waals surface area contributed by atoms with Crippen molar-refractivity contribution in [2.75, 3.05) is 4.90 Å². The smallest absolute Gasteiger partial charge is 0.0645 e. The highest BCUT2D eigenvalue weighted by molar-refractivity contribution is 5.97. The second-order valence-electron chi connectivity index (χ2n) is 8.31. The Morgan fingerprint density at radius 1 is 0.341 bits per heavy atom. The molecule has 0 spiro atoms. The molecule has 0 N–H and O–H groups in total. The predicted octanol–water partition coefficient (Wildman–Crippen LogP) is 11.3. The van der Waals surface area contributed by atoms with Gasteiger partial charge in [0.1, 0.15) is 0 Å². The molecule has 1 heteroatoms. The van der Waals surface area contributed by atoms with E-state index in [1.807, 2.05) is 0 Å². The molecular formula is C40H29N. The Morgan fingerprint density at radius 3 is 1.54 bits per heavy atom. The van der Waals surface area contributed by atoms with Gasteiger partial charge in [0.2, 0.25) is 0 Å². The van der Waals surface area contributed by atoms with Gasteiger partial charge in [0.25, 0.3) is 0 Å². The zero-order chi connectivity index (χ0) is 49.2. The topological polar surface area (TPSA) is 3.24 Å². The SMILES string of the molecule is [2H]c1cc2c(-c3c([2H])cc(N(c4cc([2H])c(-c5c([2H])c([2H])c([2H])c([2H])c5[2H])c([2H])c4[2H])c4c([2H])c([2H])c(-c5c([2H])c([2H])c([2H])c([2H])c5[2H])c([2H])c4[2H])cc3[2H])c([2H])c([2H])c([2H])c2c([2H])c1[2H]. The second-order valence-corrected chi connectivity index (χ2v) is 8.31. The first-order chi connectivity index (χ1) is 30.7. The van der Waals surface area contributed by atoms with Gasteiger partial charge in [-0.1, -0.05) is 139 Å². The van der Waals surface area contributed by atoms with E-state index >= 15 is 0 Å². The summed E-state index contributed by atoms with van der Waals surface area (Å²) in [5, 5.41) is -0.501. The molecule has 0 heterocycles. The van der Waals surface area contributed by atoms with Gasteiger partial charge in [-0.3, -0.25) is 0 Å². The fourth-order valence-corrected chi connectivity index (χ4v) is 3.99. The largest absolute Gasteiger partial charge is 0.311 e. The molecule has 7 rings (SSSR count). The molecule has 7 aromatic carbocycles. The number of hydrogen-bond donors (Lipinski definition) is 0. The molecule has 1 nitrogen and oxygen atoms in total. The highest BCUT2D eigenvalue weighted by atomic mass is 15.1. The molecule has 0 aliphatic rings. The molecular weight excluding hydrogens is 494 g/mol. The van der Waals surface area contributed by atoms with Crippen LogP contribution in [-0.4, -0.2) is 0 Å². The highest BCUT2D eigenvalue weighted by Gasteiger charge is 2.14. The van der Waals surface area contributed by atoms with E-state index in [4.69, 9.17) is 27.4 Å². The summed E-state index contributed by atoms with van der Waals surface area (Å²) in [6.07, 6.45) is 0. The maximum absolute atomic E-state index is 9.27. The van der Waals surface area contributed by atoms with Gasteiger partial charge in [0.05, 0.1) is 34.3 Å². The average molecular weight is 549 g/mol. The summed E-state index contributed by atoms with van der Waals surface area (Å²) in [7, 11) is 0. The highest BCUT2D eigenvalue weighted by Crippen LogP contribution is 2.38. The van der Waals surface area contributed by atoms with Gasteiger partial charge in [-0.2, -0.15) is 0 Å². The summed E-state index contributed by atoms with van der Waals surface area (Å²) in [4.78, 5) is 0.773. The lowest BCUT2D eigenvalue weighted by molar-refractivity contribution is 1.28. The van der Waals surface area contributed by atoms with Gasteiger partial charge >= 0.3 is 0 Å². The van der Waals surface area contributed by atoms with Crippen molar-refractivity contribution in [3.63, 3.8) is 0 Å². The van der Waals surface area contributed by atoms with Crippen LogP contribution >= 0.6 is 0 Å². The molecule has 194 valence electrons. The molecule has 7 aromatic rings. The van der Waals surface area contributed by atoms with Gasteiger partial charge in [0, 0.05) is 17.1 Å². The van der Waals surface area contributed by atoms with Crippen molar-refractivity contribution in [3.05, 3.63) is 175 Å². The predicted molar refractivity (Wildman–Crippen MR) is 175 cm³/mol. The fourth-order valence-electron chi connectivity index (χ4n) is 3.99. The molecule has 0 amide bonds. The van der Waals surface area contributed by atoms with Gasteiger partial charge in [-0.05, 0) is 80.5 Å². The van der Waals surface area contributed by atoms with E-state index < -0.39 is 196 Å². The zero-order valence-corrected chi connectivity index (χ0v) is 20.8. The maximum Gasteiger partial charge on any atom is 0.0645 e. The van der Waals surface area contributed by atoms with Crippen molar-refractivity contribution in [2.45, 2.75) is 0 Å². The minimum absolute atomic E-state index is 0.184. The van der Waals surface area contributed by atoms with E-state index in [1.54, 1.807) is 0 Å². The van der Waals surface area contributed by atoms with Crippen molar-refractivity contribution in [1.82, 2.24) is 0 Å². The lowest BCUT2D eigenvalue weighted by Gasteiger charge is -2.26. The number of anilines is 3. The summed E-state index contributed by atoms with van der Waals surface area (Å²) in [6.45, 7) is 0. The Morgan fingerprint density at radius 2 is 0.854 bits per heavy atom. The van der Waals surface area contributed by atoms with Gasteiger partial charge < -0.3 is 4.90 Å². The van der Waals surface area contributed by atoms with Crippen LogP contribution in [0.5, 0.6) is 0 Å². The summed E-state index contributed by atoms with van der Waals surface area (Å²) < 4.78 is 216. The number of nitrogens with zero attached hydrogens (tertiary/aromatic N) is 1. The molecule has 0 aliphatic carbocycles. The van der Waals surface area contributed by atoms with Crippen molar-refractivity contribution in [1.29, 1.82) is 0 Å². The van der Waals surface area contributed by atoms with Crippen LogP contribution in [0.3, 0.4) is 0 Å². The van der Waals surface area contributed by atoms with Crippen molar-refractivity contribution >= 4 is 27.8 Å². The lowest BCUT2D eigenvalue weighted by atomic mass is 9.98. The first-order valence-electron chi connectivity index (χ1n) is 24.5. The number of benzene rings is 7. The molecule has 41 heavy (non-hydrogen) atoms. The monoisotopic (exact) mass is 548 g/mol. The van der Waals surface area contributed by atoms with E-state index in [9.17, 15) is 6.85 Å². The van der Waals surface area contributed by atoms with Crippen LogP contribution < -0.4 is 4.90 Å². The molecule has 0 saturated heterocycles. The standard InChI is InChI=1S/C40H29N/c1-3-10-30(11-4-1)32-18-24-36(25-19-32)41(37-26-20-33(21-27-37)31-12-5-2-6-13-31)38-28-22-35(23-29-38)40-17-9-15-34-14-7-8-16-39(34)40/h1-29H/i1D,2D,3D,4D,5D,6D,7D,8D,9D,10D,11D,12D,13D,14D,15D,17D,18D,19D,20D,21D,22D,23D,24D,25D,26D. The third kappa shape index (κ3) is 5.02. The molecule has 0 unspecified atom stereocenters. The third-order valence-corrected chi connectivity index (χ3v) is 5.87. The third-order valence-electron chi connectivity index (χ3n) is 5.87. The summed E-state index contributed by atoms with van der Waals surface area (Å²) in [6, 6.07) is -16.0. The number of fused-ring (bicyclic) bond motifs is 1. The maximum atomic E-state index is 9.27. The average Bonchev–Trinajstić information content (AvgIpc) is 3.27. The molecule has 0 atom stereocenters. The van der Waals surface area contributed by atoms with E-state index in [0.717, 1.165) is 29.2 Å². The Balaban J connectivity index is 1.60.